The quantitative estimate of drug-likeness (QED) is 0.247. The maximum absolute atomic E-state index is 12.7. The molecule has 0 spiro atoms. The number of nitrogens with one attached hydrogen (secondary N) is 2. The number of rotatable bonds is 8. The maximum Gasteiger partial charge on any atom is 0.257 e. The fourth-order valence-corrected chi connectivity index (χ4v) is 3.91. The van der Waals surface area contributed by atoms with E-state index in [0.717, 1.165) is 29.5 Å². The smallest absolute Gasteiger partial charge is 0.257 e. The predicted octanol–water partition coefficient (Wildman–Crippen LogP) is 7.31. The van der Waals surface area contributed by atoms with Gasteiger partial charge in [0, 0.05) is 16.8 Å². The summed E-state index contributed by atoms with van der Waals surface area (Å²) in [6, 6.07) is 20.8. The topological polar surface area (TPSA) is 76.4 Å². The van der Waals surface area contributed by atoms with Gasteiger partial charge in [0.05, 0.1) is 6.10 Å². The molecule has 0 aliphatic heterocycles. The maximum atomic E-state index is 12.7. The first kappa shape index (κ1) is 25.4. The summed E-state index contributed by atoms with van der Waals surface area (Å²) in [5, 5.41) is 6.00. The Bertz CT molecular complexity index is 1380. The van der Waals surface area contributed by atoms with Crippen LogP contribution in [0.1, 0.15) is 62.4 Å². The minimum Gasteiger partial charge on any atom is -0.491 e. The number of benzene rings is 3. The second-order valence-electron chi connectivity index (χ2n) is 8.91. The number of fused-ring (bicyclic) bond motifs is 1. The van der Waals surface area contributed by atoms with E-state index in [1.165, 1.54) is 5.56 Å². The Morgan fingerprint density at radius 1 is 1.03 bits per heavy atom. The van der Waals surface area contributed by atoms with Crippen molar-refractivity contribution in [3.05, 3.63) is 77.9 Å². The zero-order valence-electron chi connectivity index (χ0n) is 21.0. The molecule has 0 saturated carbocycles. The number of hydrogen-bond acceptors (Lipinski definition) is 5. The number of carbonyl (C=O) groups is 1. The molecular formula is C29H31N3O3S. The van der Waals surface area contributed by atoms with Crippen LogP contribution in [0.25, 0.3) is 22.6 Å². The lowest BCUT2D eigenvalue weighted by Gasteiger charge is -2.14. The summed E-state index contributed by atoms with van der Waals surface area (Å²) in [5.74, 6) is 1.34. The molecule has 2 atom stereocenters. The molecule has 0 unspecified atom stereocenters. The summed E-state index contributed by atoms with van der Waals surface area (Å²) in [7, 11) is 0. The largest absolute Gasteiger partial charge is 0.491 e. The monoisotopic (exact) mass is 501 g/mol. The first-order valence-corrected chi connectivity index (χ1v) is 12.7. The first-order valence-electron chi connectivity index (χ1n) is 12.3. The van der Waals surface area contributed by atoms with Gasteiger partial charge in [0.15, 0.2) is 10.7 Å². The van der Waals surface area contributed by atoms with Crippen LogP contribution in [-0.2, 0) is 0 Å². The number of hydrogen-bond donors (Lipinski definition) is 2. The normalized spacial score (nSPS) is 12.7. The molecule has 0 radical (unpaired) electrons. The Morgan fingerprint density at radius 2 is 1.83 bits per heavy atom. The van der Waals surface area contributed by atoms with Crippen molar-refractivity contribution in [2.75, 3.05) is 5.32 Å². The van der Waals surface area contributed by atoms with Crippen LogP contribution in [0.15, 0.2) is 71.1 Å². The minimum atomic E-state index is -0.311. The van der Waals surface area contributed by atoms with Crippen molar-refractivity contribution in [1.82, 2.24) is 10.3 Å². The van der Waals surface area contributed by atoms with E-state index in [4.69, 9.17) is 26.4 Å². The molecule has 7 heteroatoms. The average Bonchev–Trinajstić information content (AvgIpc) is 3.32. The number of oxazole rings is 1. The van der Waals surface area contributed by atoms with Gasteiger partial charge in [-0.05, 0) is 92.0 Å². The van der Waals surface area contributed by atoms with E-state index in [9.17, 15) is 4.79 Å². The average molecular weight is 502 g/mol. The molecule has 1 heterocycles. The third-order valence-electron chi connectivity index (χ3n) is 6.20. The molecule has 3 aromatic carbocycles. The lowest BCUT2D eigenvalue weighted by atomic mass is 9.98. The van der Waals surface area contributed by atoms with Gasteiger partial charge in [0.1, 0.15) is 11.3 Å². The van der Waals surface area contributed by atoms with Crippen molar-refractivity contribution in [1.29, 1.82) is 0 Å². The van der Waals surface area contributed by atoms with Crippen LogP contribution in [0.2, 0.25) is 0 Å². The highest BCUT2D eigenvalue weighted by Gasteiger charge is 2.13. The van der Waals surface area contributed by atoms with Gasteiger partial charge >= 0.3 is 0 Å². The van der Waals surface area contributed by atoms with Gasteiger partial charge in [0.2, 0.25) is 5.89 Å². The van der Waals surface area contributed by atoms with Crippen molar-refractivity contribution in [3.8, 4) is 17.2 Å². The fourth-order valence-electron chi connectivity index (χ4n) is 3.70. The van der Waals surface area contributed by atoms with Crippen LogP contribution in [0.5, 0.6) is 5.75 Å². The van der Waals surface area contributed by atoms with Crippen LogP contribution in [0, 0.1) is 0 Å². The van der Waals surface area contributed by atoms with Gasteiger partial charge in [-0.2, -0.15) is 0 Å². The third kappa shape index (κ3) is 6.10. The molecule has 0 aliphatic carbocycles. The number of carbonyl (C=O) groups excluding carboxylic acids is 1. The lowest BCUT2D eigenvalue weighted by Crippen LogP contribution is -2.34. The summed E-state index contributed by atoms with van der Waals surface area (Å²) in [4.78, 5) is 17.4. The molecule has 6 nitrogen and oxygen atoms in total. The standard InChI is InChI=1S/C29H31N3O3S/c1-5-18(3)20-13-14-26-25(17-20)31-28(35-26)22-10-7-11-23(15-22)30-29(36)32-27(33)21-9-8-12-24(16-21)34-19(4)6-2/h7-19H,5-6H2,1-4H3,(H2,30,32,33,36)/t18-,19+/m0/s1. The molecule has 36 heavy (non-hydrogen) atoms. The van der Waals surface area contributed by atoms with Crippen molar-refractivity contribution in [2.45, 2.75) is 52.6 Å². The van der Waals surface area contributed by atoms with Crippen LogP contribution >= 0.6 is 12.2 Å². The summed E-state index contributed by atoms with van der Waals surface area (Å²) in [6.07, 6.45) is 2.02. The number of ether oxygens (including phenoxy) is 1. The van der Waals surface area contributed by atoms with E-state index in [-0.39, 0.29) is 17.1 Å². The SMILES string of the molecule is CC[C@@H](C)Oc1cccc(C(=O)NC(=S)Nc2cccc(-c3nc4cc([C@@H](C)CC)ccc4o3)c2)c1. The van der Waals surface area contributed by atoms with Gasteiger partial charge in [-0.1, -0.05) is 39.0 Å². The van der Waals surface area contributed by atoms with Crippen LogP contribution in [-0.4, -0.2) is 22.1 Å². The Labute approximate surface area is 217 Å². The van der Waals surface area contributed by atoms with Gasteiger partial charge < -0.3 is 14.5 Å². The van der Waals surface area contributed by atoms with Crippen LogP contribution < -0.4 is 15.4 Å². The second kappa shape index (κ2) is 11.4. The molecule has 4 rings (SSSR count). The van der Waals surface area contributed by atoms with Crippen molar-refractivity contribution >= 4 is 40.0 Å². The van der Waals surface area contributed by atoms with Crippen molar-refractivity contribution in [2.24, 2.45) is 0 Å². The van der Waals surface area contributed by atoms with Gasteiger partial charge in [-0.3, -0.25) is 10.1 Å². The van der Waals surface area contributed by atoms with E-state index >= 15 is 0 Å². The minimum absolute atomic E-state index is 0.0709. The highest BCUT2D eigenvalue weighted by Crippen LogP contribution is 2.29. The molecular weight excluding hydrogens is 470 g/mol. The van der Waals surface area contributed by atoms with Crippen LogP contribution in [0.4, 0.5) is 5.69 Å². The first-order chi connectivity index (χ1) is 17.4. The summed E-state index contributed by atoms with van der Waals surface area (Å²) < 4.78 is 11.8. The number of anilines is 1. The zero-order chi connectivity index (χ0) is 25.7. The lowest BCUT2D eigenvalue weighted by molar-refractivity contribution is 0.0977. The highest BCUT2D eigenvalue weighted by molar-refractivity contribution is 7.80. The van der Waals surface area contributed by atoms with E-state index in [1.807, 2.05) is 50.2 Å². The third-order valence-corrected chi connectivity index (χ3v) is 6.40. The Kier molecular flexibility index (Phi) is 8.00. The van der Waals surface area contributed by atoms with E-state index < -0.39 is 0 Å². The number of amides is 1. The Hall–Kier alpha value is -3.71. The zero-order valence-corrected chi connectivity index (χ0v) is 21.8. The van der Waals surface area contributed by atoms with Gasteiger partial charge in [0.25, 0.3) is 5.91 Å². The van der Waals surface area contributed by atoms with Gasteiger partial charge in [-0.25, -0.2) is 4.98 Å². The summed E-state index contributed by atoms with van der Waals surface area (Å²) in [6.45, 7) is 8.42. The molecule has 0 aliphatic rings. The Balaban J connectivity index is 1.44. The van der Waals surface area contributed by atoms with Crippen LogP contribution in [0.3, 0.4) is 0 Å². The molecule has 0 fully saturated rings. The molecule has 1 aromatic heterocycles. The molecule has 2 N–H and O–H groups in total. The van der Waals surface area contributed by atoms with Crippen molar-refractivity contribution in [3.63, 3.8) is 0 Å². The Morgan fingerprint density at radius 3 is 2.61 bits per heavy atom. The van der Waals surface area contributed by atoms with E-state index in [2.05, 4.69) is 36.6 Å². The number of thiocarbonyl (C=S) groups is 1. The van der Waals surface area contributed by atoms with Crippen molar-refractivity contribution < 1.29 is 13.9 Å². The van der Waals surface area contributed by atoms with E-state index in [0.29, 0.717) is 28.8 Å². The fraction of sp³-hybridized carbons (Fsp3) is 0.276. The molecule has 4 aromatic rings. The van der Waals surface area contributed by atoms with Gasteiger partial charge in [-0.15, -0.1) is 0 Å². The highest BCUT2D eigenvalue weighted by atomic mass is 32.1. The summed E-state index contributed by atoms with van der Waals surface area (Å²) >= 11 is 5.38. The molecule has 0 bridgehead atoms. The summed E-state index contributed by atoms with van der Waals surface area (Å²) in [5.41, 5.74) is 4.83. The predicted molar refractivity (Wildman–Crippen MR) is 149 cm³/mol. The second-order valence-corrected chi connectivity index (χ2v) is 9.32. The van der Waals surface area contributed by atoms with E-state index in [1.54, 1.807) is 18.2 Å². The molecule has 186 valence electrons. The molecule has 0 saturated heterocycles. The number of aromatic nitrogens is 1. The number of nitrogens with zero attached hydrogens (tertiary/aromatic N) is 1. The molecule has 1 amide bonds.